The van der Waals surface area contributed by atoms with Gasteiger partial charge in [0.15, 0.2) is 0 Å². The Morgan fingerprint density at radius 2 is 1.54 bits per heavy atom. The monoisotopic (exact) mass is 471 g/mol. The van der Waals surface area contributed by atoms with Crippen LogP contribution in [0.5, 0.6) is 0 Å². The Morgan fingerprint density at radius 3 is 2.17 bits per heavy atom. The topological polar surface area (TPSA) is 52.7 Å². The quantitative estimate of drug-likeness (QED) is 0.479. The lowest BCUT2D eigenvalue weighted by atomic mass is 10.0. The summed E-state index contributed by atoms with van der Waals surface area (Å²) in [6, 6.07) is 21.9. The molecule has 1 N–H and O–H groups in total. The highest BCUT2D eigenvalue weighted by molar-refractivity contribution is 6.02. The summed E-state index contributed by atoms with van der Waals surface area (Å²) in [6.07, 6.45) is 3.33. The average Bonchev–Trinajstić information content (AvgIpc) is 2.88. The van der Waals surface area contributed by atoms with Crippen LogP contribution < -0.4 is 10.2 Å². The van der Waals surface area contributed by atoms with Gasteiger partial charge < -0.3 is 15.1 Å². The van der Waals surface area contributed by atoms with Gasteiger partial charge in [-0.05, 0) is 59.5 Å². The number of amides is 2. The second-order valence-corrected chi connectivity index (χ2v) is 8.95. The number of carbonyl (C=O) groups is 2. The number of benzene rings is 3. The van der Waals surface area contributed by atoms with Gasteiger partial charge in [0.05, 0.1) is 5.56 Å². The van der Waals surface area contributed by atoms with Crippen molar-refractivity contribution in [2.24, 2.45) is 0 Å². The minimum absolute atomic E-state index is 0.114. The van der Waals surface area contributed by atoms with Gasteiger partial charge in [0.1, 0.15) is 5.82 Å². The van der Waals surface area contributed by atoms with Crippen molar-refractivity contribution >= 4 is 29.3 Å². The van der Waals surface area contributed by atoms with E-state index in [-0.39, 0.29) is 17.4 Å². The van der Waals surface area contributed by atoms with Crippen molar-refractivity contribution in [3.63, 3.8) is 0 Å². The molecule has 35 heavy (non-hydrogen) atoms. The summed E-state index contributed by atoms with van der Waals surface area (Å²) < 4.78 is 13.9. The molecule has 4 rings (SSSR count). The van der Waals surface area contributed by atoms with E-state index in [1.54, 1.807) is 23.1 Å². The normalized spacial score (nSPS) is 13.9. The second kappa shape index (κ2) is 11.0. The standard InChI is InChI=1S/C29H30FN3O2/c1-21(2)23-10-7-22(8-11-23)9-16-28(34)31-24-12-14-25(15-13-24)32-17-19-33(20-18-32)29(35)26-5-3-4-6-27(26)30/h3-16,21H,17-20H2,1-2H3,(H,31,34)/b16-9+. The molecule has 1 aliphatic heterocycles. The molecule has 3 aromatic rings. The van der Waals surface area contributed by atoms with E-state index in [4.69, 9.17) is 0 Å². The maximum atomic E-state index is 13.9. The Morgan fingerprint density at radius 1 is 0.886 bits per heavy atom. The first-order valence-corrected chi connectivity index (χ1v) is 11.9. The van der Waals surface area contributed by atoms with Gasteiger partial charge in [0, 0.05) is 43.6 Å². The van der Waals surface area contributed by atoms with Crippen LogP contribution in [0.4, 0.5) is 15.8 Å². The van der Waals surface area contributed by atoms with E-state index >= 15 is 0 Å². The van der Waals surface area contributed by atoms with Crippen LogP contribution >= 0.6 is 0 Å². The van der Waals surface area contributed by atoms with Crippen molar-refractivity contribution in [1.82, 2.24) is 4.90 Å². The van der Waals surface area contributed by atoms with E-state index in [9.17, 15) is 14.0 Å². The van der Waals surface area contributed by atoms with Crippen LogP contribution in [0.2, 0.25) is 0 Å². The number of rotatable bonds is 6. The Hall–Kier alpha value is -3.93. The van der Waals surface area contributed by atoms with Gasteiger partial charge in [0.2, 0.25) is 5.91 Å². The summed E-state index contributed by atoms with van der Waals surface area (Å²) in [6.45, 7) is 6.66. The number of halogens is 1. The predicted octanol–water partition coefficient (Wildman–Crippen LogP) is 5.56. The first-order valence-electron chi connectivity index (χ1n) is 11.9. The SMILES string of the molecule is CC(C)c1ccc(/C=C/C(=O)Nc2ccc(N3CCN(C(=O)c4ccccc4F)CC3)cc2)cc1. The summed E-state index contributed by atoms with van der Waals surface area (Å²) in [5, 5.41) is 2.88. The number of carbonyl (C=O) groups excluding carboxylic acids is 2. The molecule has 1 fully saturated rings. The van der Waals surface area contributed by atoms with Gasteiger partial charge in [-0.2, -0.15) is 0 Å². The van der Waals surface area contributed by atoms with Gasteiger partial charge in [-0.25, -0.2) is 4.39 Å². The van der Waals surface area contributed by atoms with Gasteiger partial charge >= 0.3 is 0 Å². The Kier molecular flexibility index (Phi) is 7.60. The summed E-state index contributed by atoms with van der Waals surface area (Å²) in [4.78, 5) is 28.8. The van der Waals surface area contributed by atoms with Crippen LogP contribution in [-0.4, -0.2) is 42.9 Å². The first-order chi connectivity index (χ1) is 16.9. The lowest BCUT2D eigenvalue weighted by Gasteiger charge is -2.36. The number of anilines is 2. The number of hydrogen-bond donors (Lipinski definition) is 1. The lowest BCUT2D eigenvalue weighted by molar-refractivity contribution is -0.111. The highest BCUT2D eigenvalue weighted by atomic mass is 19.1. The first kappa shape index (κ1) is 24.2. The molecule has 2 amide bonds. The zero-order valence-electron chi connectivity index (χ0n) is 20.1. The minimum atomic E-state index is -0.489. The van der Waals surface area contributed by atoms with Crippen molar-refractivity contribution in [2.45, 2.75) is 19.8 Å². The fourth-order valence-corrected chi connectivity index (χ4v) is 4.08. The molecular weight excluding hydrogens is 441 g/mol. The molecule has 0 saturated carbocycles. The third-order valence-corrected chi connectivity index (χ3v) is 6.20. The molecule has 0 atom stereocenters. The van der Waals surface area contributed by atoms with Crippen molar-refractivity contribution in [1.29, 1.82) is 0 Å². The van der Waals surface area contributed by atoms with Gasteiger partial charge in [0.25, 0.3) is 5.91 Å². The summed E-state index contributed by atoms with van der Waals surface area (Å²) in [5.74, 6) is -0.475. The zero-order chi connectivity index (χ0) is 24.8. The van der Waals surface area contributed by atoms with Crippen molar-refractivity contribution in [2.75, 3.05) is 36.4 Å². The molecule has 0 aromatic heterocycles. The van der Waals surface area contributed by atoms with Crippen LogP contribution in [0.15, 0.2) is 78.9 Å². The molecule has 0 spiro atoms. The summed E-state index contributed by atoms with van der Waals surface area (Å²) in [5.41, 5.74) is 4.09. The van der Waals surface area contributed by atoms with Crippen molar-refractivity contribution in [3.8, 4) is 0 Å². The van der Waals surface area contributed by atoms with E-state index in [1.807, 2.05) is 36.4 Å². The molecule has 1 saturated heterocycles. The lowest BCUT2D eigenvalue weighted by Crippen LogP contribution is -2.49. The van der Waals surface area contributed by atoms with E-state index in [1.165, 1.54) is 23.8 Å². The highest BCUT2D eigenvalue weighted by Gasteiger charge is 2.24. The zero-order valence-corrected chi connectivity index (χ0v) is 20.1. The number of nitrogens with one attached hydrogen (secondary N) is 1. The minimum Gasteiger partial charge on any atom is -0.368 e. The fraction of sp³-hybridized carbons (Fsp3) is 0.241. The summed E-state index contributed by atoms with van der Waals surface area (Å²) in [7, 11) is 0. The number of piperazine rings is 1. The van der Waals surface area contributed by atoms with Crippen LogP contribution in [0, 0.1) is 5.82 Å². The molecule has 5 nitrogen and oxygen atoms in total. The molecule has 0 radical (unpaired) electrons. The van der Waals surface area contributed by atoms with E-state index < -0.39 is 5.82 Å². The molecule has 0 bridgehead atoms. The molecule has 6 heteroatoms. The van der Waals surface area contributed by atoms with Crippen molar-refractivity contribution in [3.05, 3.63) is 101 Å². The molecule has 0 aliphatic carbocycles. The summed E-state index contributed by atoms with van der Waals surface area (Å²) >= 11 is 0. The number of nitrogens with zero attached hydrogens (tertiary/aromatic N) is 2. The van der Waals surface area contributed by atoms with E-state index in [0.29, 0.717) is 37.8 Å². The smallest absolute Gasteiger partial charge is 0.256 e. The maximum absolute atomic E-state index is 13.9. The molecule has 1 heterocycles. The van der Waals surface area contributed by atoms with Gasteiger partial charge in [-0.3, -0.25) is 9.59 Å². The largest absolute Gasteiger partial charge is 0.368 e. The number of hydrogen-bond acceptors (Lipinski definition) is 3. The Balaban J connectivity index is 1.28. The van der Waals surface area contributed by atoms with Crippen LogP contribution in [0.3, 0.4) is 0 Å². The van der Waals surface area contributed by atoms with Crippen LogP contribution in [-0.2, 0) is 4.79 Å². The van der Waals surface area contributed by atoms with Crippen LogP contribution in [0.1, 0.15) is 41.3 Å². The third-order valence-electron chi connectivity index (χ3n) is 6.20. The average molecular weight is 472 g/mol. The third kappa shape index (κ3) is 6.15. The van der Waals surface area contributed by atoms with Crippen molar-refractivity contribution < 1.29 is 14.0 Å². The van der Waals surface area contributed by atoms with Crippen LogP contribution in [0.25, 0.3) is 6.08 Å². The fourth-order valence-electron chi connectivity index (χ4n) is 4.08. The highest BCUT2D eigenvalue weighted by Crippen LogP contribution is 2.21. The van der Waals surface area contributed by atoms with E-state index in [0.717, 1.165) is 11.3 Å². The predicted molar refractivity (Wildman–Crippen MR) is 139 cm³/mol. The molecule has 180 valence electrons. The Labute approximate surface area is 205 Å². The molecule has 1 aliphatic rings. The molecule has 3 aromatic carbocycles. The van der Waals surface area contributed by atoms with Gasteiger partial charge in [-0.1, -0.05) is 50.2 Å². The Bertz CT molecular complexity index is 1200. The maximum Gasteiger partial charge on any atom is 0.256 e. The molecular formula is C29H30FN3O2. The second-order valence-electron chi connectivity index (χ2n) is 8.95. The van der Waals surface area contributed by atoms with E-state index in [2.05, 4.69) is 36.2 Å². The molecule has 0 unspecified atom stereocenters. The van der Waals surface area contributed by atoms with Gasteiger partial charge in [-0.15, -0.1) is 0 Å².